The zero-order valence-electron chi connectivity index (χ0n) is 11.1. The van der Waals surface area contributed by atoms with Crippen LogP contribution in [-0.2, 0) is 18.0 Å². The van der Waals surface area contributed by atoms with Crippen LogP contribution >= 0.6 is 0 Å². The highest BCUT2D eigenvalue weighted by Gasteiger charge is 2.07. The van der Waals surface area contributed by atoms with Gasteiger partial charge in [0.1, 0.15) is 17.6 Å². The molecular formula is C16H14FNO2. The number of methoxy groups -OCH3 is 1. The molecule has 20 heavy (non-hydrogen) atoms. The zero-order chi connectivity index (χ0) is 14.4. The van der Waals surface area contributed by atoms with Crippen molar-refractivity contribution in [3.8, 4) is 11.8 Å². The summed E-state index contributed by atoms with van der Waals surface area (Å²) >= 11 is 0. The fourth-order valence-electron chi connectivity index (χ4n) is 1.82. The Morgan fingerprint density at radius 3 is 2.70 bits per heavy atom. The van der Waals surface area contributed by atoms with Crippen molar-refractivity contribution in [2.24, 2.45) is 0 Å². The molecule has 0 N–H and O–H groups in total. The molecule has 0 atom stereocenters. The molecule has 0 amide bonds. The summed E-state index contributed by atoms with van der Waals surface area (Å²) in [4.78, 5) is 0. The van der Waals surface area contributed by atoms with Gasteiger partial charge in [0.2, 0.25) is 0 Å². The van der Waals surface area contributed by atoms with Gasteiger partial charge in [0, 0.05) is 5.56 Å². The molecule has 3 nitrogen and oxygen atoms in total. The molecule has 0 fully saturated rings. The van der Waals surface area contributed by atoms with Crippen LogP contribution < -0.4 is 4.74 Å². The van der Waals surface area contributed by atoms with E-state index >= 15 is 0 Å². The van der Waals surface area contributed by atoms with Gasteiger partial charge in [0.15, 0.2) is 0 Å². The smallest absolute Gasteiger partial charge is 0.146 e. The Labute approximate surface area is 117 Å². The van der Waals surface area contributed by atoms with Crippen LogP contribution in [0.1, 0.15) is 16.7 Å². The molecule has 0 aliphatic carbocycles. The maximum absolute atomic E-state index is 13.8. The van der Waals surface area contributed by atoms with Crippen LogP contribution in [0.2, 0.25) is 0 Å². The first-order valence-corrected chi connectivity index (χ1v) is 6.12. The summed E-state index contributed by atoms with van der Waals surface area (Å²) in [7, 11) is 1.60. The molecular weight excluding hydrogens is 257 g/mol. The average molecular weight is 271 g/mol. The second-order valence-electron chi connectivity index (χ2n) is 4.23. The molecule has 0 aromatic heterocycles. The Balaban J connectivity index is 1.98. The van der Waals surface area contributed by atoms with Crippen LogP contribution in [-0.4, -0.2) is 7.11 Å². The maximum atomic E-state index is 13.8. The Hall–Kier alpha value is -2.38. The molecule has 0 saturated carbocycles. The van der Waals surface area contributed by atoms with Gasteiger partial charge in [-0.2, -0.15) is 5.26 Å². The van der Waals surface area contributed by atoms with E-state index in [1.165, 1.54) is 6.07 Å². The third-order valence-corrected chi connectivity index (χ3v) is 2.86. The van der Waals surface area contributed by atoms with E-state index in [2.05, 4.69) is 0 Å². The molecule has 4 heteroatoms. The molecule has 0 aliphatic heterocycles. The Morgan fingerprint density at radius 1 is 1.15 bits per heavy atom. The van der Waals surface area contributed by atoms with Gasteiger partial charge in [-0.1, -0.05) is 24.3 Å². The molecule has 102 valence electrons. The second-order valence-corrected chi connectivity index (χ2v) is 4.23. The van der Waals surface area contributed by atoms with Gasteiger partial charge in [-0.3, -0.25) is 0 Å². The number of nitriles is 1. The molecule has 0 bridgehead atoms. The standard InChI is InChI=1S/C16H14FNO2/c1-19-15-7-2-4-12(8-15)10-20-11-14-6-3-5-13(9-18)16(14)17/h2-8H,10-11H2,1H3. The van der Waals surface area contributed by atoms with E-state index in [-0.39, 0.29) is 12.2 Å². The summed E-state index contributed by atoms with van der Waals surface area (Å²) in [6, 6.07) is 14.0. The van der Waals surface area contributed by atoms with Crippen LogP contribution in [0.15, 0.2) is 42.5 Å². The van der Waals surface area contributed by atoms with Crippen LogP contribution in [0.25, 0.3) is 0 Å². The van der Waals surface area contributed by atoms with Gasteiger partial charge >= 0.3 is 0 Å². The number of benzene rings is 2. The minimum Gasteiger partial charge on any atom is -0.497 e. The second kappa shape index (κ2) is 6.69. The first-order valence-electron chi connectivity index (χ1n) is 6.12. The highest BCUT2D eigenvalue weighted by atomic mass is 19.1. The lowest BCUT2D eigenvalue weighted by Crippen LogP contribution is -1.99. The summed E-state index contributed by atoms with van der Waals surface area (Å²) in [5.41, 5.74) is 1.36. The van der Waals surface area contributed by atoms with E-state index in [9.17, 15) is 4.39 Å². The van der Waals surface area contributed by atoms with E-state index in [0.717, 1.165) is 11.3 Å². The first-order chi connectivity index (χ1) is 9.74. The Morgan fingerprint density at radius 2 is 1.95 bits per heavy atom. The first kappa shape index (κ1) is 14.0. The van der Waals surface area contributed by atoms with Crippen molar-refractivity contribution in [1.29, 1.82) is 5.26 Å². The molecule has 0 unspecified atom stereocenters. The van der Waals surface area contributed by atoms with Crippen molar-refractivity contribution in [3.63, 3.8) is 0 Å². The largest absolute Gasteiger partial charge is 0.497 e. The van der Waals surface area contributed by atoms with Gasteiger partial charge in [-0.05, 0) is 23.8 Å². The maximum Gasteiger partial charge on any atom is 0.146 e. The minimum absolute atomic E-state index is 0.0347. The molecule has 2 rings (SSSR count). The van der Waals surface area contributed by atoms with E-state index in [4.69, 9.17) is 14.7 Å². The molecule has 0 heterocycles. The van der Waals surface area contributed by atoms with Crippen molar-refractivity contribution in [2.45, 2.75) is 13.2 Å². The summed E-state index contributed by atoms with van der Waals surface area (Å²) in [5.74, 6) is 0.240. The fourth-order valence-corrected chi connectivity index (χ4v) is 1.82. The lowest BCUT2D eigenvalue weighted by Gasteiger charge is -2.07. The van der Waals surface area contributed by atoms with Gasteiger partial charge in [-0.15, -0.1) is 0 Å². The van der Waals surface area contributed by atoms with Gasteiger partial charge < -0.3 is 9.47 Å². The lowest BCUT2D eigenvalue weighted by molar-refractivity contribution is 0.104. The number of rotatable bonds is 5. The van der Waals surface area contributed by atoms with Crippen molar-refractivity contribution in [2.75, 3.05) is 7.11 Å². The van der Waals surface area contributed by atoms with Gasteiger partial charge in [-0.25, -0.2) is 4.39 Å². The number of nitrogens with zero attached hydrogens (tertiary/aromatic N) is 1. The van der Waals surface area contributed by atoms with Crippen LogP contribution in [0.5, 0.6) is 5.75 Å². The van der Waals surface area contributed by atoms with Crippen LogP contribution in [0.4, 0.5) is 4.39 Å². The molecule has 2 aromatic rings. The van der Waals surface area contributed by atoms with Crippen molar-refractivity contribution in [3.05, 3.63) is 65.0 Å². The van der Waals surface area contributed by atoms with Crippen LogP contribution in [0.3, 0.4) is 0 Å². The molecule has 0 aliphatic rings. The van der Waals surface area contributed by atoms with E-state index < -0.39 is 5.82 Å². The van der Waals surface area contributed by atoms with Gasteiger partial charge in [0.25, 0.3) is 0 Å². The molecule has 0 spiro atoms. The Kier molecular flexibility index (Phi) is 4.70. The predicted octanol–water partition coefficient (Wildman–Crippen LogP) is 3.42. The highest BCUT2D eigenvalue weighted by Crippen LogP contribution is 2.16. The van der Waals surface area contributed by atoms with Crippen molar-refractivity contribution in [1.82, 2.24) is 0 Å². The predicted molar refractivity (Wildman–Crippen MR) is 72.6 cm³/mol. The SMILES string of the molecule is COc1cccc(COCc2cccc(C#N)c2F)c1. The van der Waals surface area contributed by atoms with Gasteiger partial charge in [0.05, 0.1) is 25.9 Å². The van der Waals surface area contributed by atoms with Crippen molar-refractivity contribution >= 4 is 0 Å². The highest BCUT2D eigenvalue weighted by molar-refractivity contribution is 5.34. The minimum atomic E-state index is -0.513. The van der Waals surface area contributed by atoms with Crippen LogP contribution in [0, 0.1) is 17.1 Å². The quantitative estimate of drug-likeness (QED) is 0.836. The summed E-state index contributed by atoms with van der Waals surface area (Å²) in [5, 5.41) is 8.76. The average Bonchev–Trinajstić information content (AvgIpc) is 2.49. The summed E-state index contributed by atoms with van der Waals surface area (Å²) in [6.45, 7) is 0.478. The topological polar surface area (TPSA) is 42.2 Å². The van der Waals surface area contributed by atoms with Crippen molar-refractivity contribution < 1.29 is 13.9 Å². The number of hydrogen-bond acceptors (Lipinski definition) is 3. The lowest BCUT2D eigenvalue weighted by atomic mass is 10.1. The molecule has 2 aromatic carbocycles. The van der Waals surface area contributed by atoms with E-state index in [1.54, 1.807) is 19.2 Å². The third kappa shape index (κ3) is 3.34. The number of halogens is 1. The van der Waals surface area contributed by atoms with E-state index in [0.29, 0.717) is 12.2 Å². The molecule has 0 radical (unpaired) electrons. The monoisotopic (exact) mass is 271 g/mol. The van der Waals surface area contributed by atoms with E-state index in [1.807, 2.05) is 30.3 Å². The molecule has 0 saturated heterocycles. The zero-order valence-corrected chi connectivity index (χ0v) is 11.1. The Bertz CT molecular complexity index is 635. The summed E-state index contributed by atoms with van der Waals surface area (Å²) < 4.78 is 24.4. The summed E-state index contributed by atoms with van der Waals surface area (Å²) in [6.07, 6.45) is 0. The number of ether oxygens (including phenoxy) is 2. The normalized spacial score (nSPS) is 10.1. The number of hydrogen-bond donors (Lipinski definition) is 0. The third-order valence-electron chi connectivity index (χ3n) is 2.86. The fraction of sp³-hybridized carbons (Fsp3) is 0.188.